The molecule has 0 radical (unpaired) electrons. The van der Waals surface area contributed by atoms with E-state index in [0.717, 1.165) is 25.3 Å². The number of carbonyl (C=O) groups excluding carboxylic acids is 1. The van der Waals surface area contributed by atoms with Gasteiger partial charge in [0.25, 0.3) is 0 Å². The number of likely N-dealkylation sites (N-methyl/N-ethyl adjacent to an activating group) is 1. The molecule has 1 aromatic rings. The van der Waals surface area contributed by atoms with Crippen molar-refractivity contribution in [3.8, 4) is 0 Å². The van der Waals surface area contributed by atoms with Crippen LogP contribution in [0.3, 0.4) is 0 Å². The number of nitrogens with zero attached hydrogens (tertiary/aromatic N) is 2. The van der Waals surface area contributed by atoms with Crippen LogP contribution in [0.1, 0.15) is 27.7 Å². The predicted molar refractivity (Wildman–Crippen MR) is 86.4 cm³/mol. The second-order valence-corrected chi connectivity index (χ2v) is 5.58. The molecular weight excluding hydrogens is 272 g/mol. The molecule has 1 rings (SSSR count). The van der Waals surface area contributed by atoms with E-state index < -0.39 is 0 Å². The highest BCUT2D eigenvalue weighted by molar-refractivity contribution is 6.30. The fourth-order valence-corrected chi connectivity index (χ4v) is 2.21. The van der Waals surface area contributed by atoms with Gasteiger partial charge in [-0.1, -0.05) is 39.3 Å². The highest BCUT2D eigenvalue weighted by Crippen LogP contribution is 2.20. The van der Waals surface area contributed by atoms with Crippen LogP contribution in [0, 0.1) is 5.92 Å². The van der Waals surface area contributed by atoms with Gasteiger partial charge >= 0.3 is 0 Å². The molecule has 0 spiro atoms. The zero-order valence-electron chi connectivity index (χ0n) is 12.9. The van der Waals surface area contributed by atoms with E-state index in [2.05, 4.69) is 18.7 Å². The molecule has 4 heteroatoms. The second-order valence-electron chi connectivity index (χ2n) is 5.15. The van der Waals surface area contributed by atoms with Crippen LogP contribution in [0.4, 0.5) is 5.69 Å². The van der Waals surface area contributed by atoms with E-state index in [0.29, 0.717) is 11.6 Å². The number of rotatable bonds is 7. The summed E-state index contributed by atoms with van der Waals surface area (Å²) in [4.78, 5) is 16.6. The summed E-state index contributed by atoms with van der Waals surface area (Å²) in [5, 5.41) is 0.689. The molecule has 0 aliphatic carbocycles. The lowest BCUT2D eigenvalue weighted by atomic mass is 10.1. The average Bonchev–Trinajstić information content (AvgIpc) is 2.44. The van der Waals surface area contributed by atoms with Gasteiger partial charge in [-0.25, -0.2) is 0 Å². The summed E-state index contributed by atoms with van der Waals surface area (Å²) in [5.41, 5.74) is 0.917. The minimum Gasteiger partial charge on any atom is -0.311 e. The normalized spacial score (nSPS) is 11.2. The number of amides is 1. The van der Waals surface area contributed by atoms with Gasteiger partial charge in [0, 0.05) is 29.7 Å². The lowest BCUT2D eigenvalue weighted by Crippen LogP contribution is -2.40. The fourth-order valence-electron chi connectivity index (χ4n) is 2.08. The Balaban J connectivity index is 2.85. The third kappa shape index (κ3) is 4.80. The first kappa shape index (κ1) is 17.0. The van der Waals surface area contributed by atoms with Gasteiger partial charge in [-0.15, -0.1) is 0 Å². The van der Waals surface area contributed by atoms with E-state index in [9.17, 15) is 4.79 Å². The smallest absolute Gasteiger partial charge is 0.229 e. The van der Waals surface area contributed by atoms with Crippen molar-refractivity contribution in [1.82, 2.24) is 4.90 Å². The zero-order valence-corrected chi connectivity index (χ0v) is 13.7. The monoisotopic (exact) mass is 296 g/mol. The van der Waals surface area contributed by atoms with Crippen LogP contribution in [0.5, 0.6) is 0 Å². The van der Waals surface area contributed by atoms with E-state index in [1.54, 1.807) is 0 Å². The van der Waals surface area contributed by atoms with Gasteiger partial charge in [0.15, 0.2) is 0 Å². The van der Waals surface area contributed by atoms with Crippen molar-refractivity contribution in [1.29, 1.82) is 0 Å². The molecule has 1 aromatic carbocycles. The molecule has 0 unspecified atom stereocenters. The van der Waals surface area contributed by atoms with Crippen molar-refractivity contribution in [2.24, 2.45) is 5.92 Å². The summed E-state index contributed by atoms with van der Waals surface area (Å²) in [6.07, 6.45) is 0. The van der Waals surface area contributed by atoms with Crippen molar-refractivity contribution in [3.05, 3.63) is 29.3 Å². The average molecular weight is 297 g/mol. The van der Waals surface area contributed by atoms with Gasteiger partial charge in [0.2, 0.25) is 5.91 Å². The molecule has 0 saturated carbocycles. The third-order valence-corrected chi connectivity index (χ3v) is 3.68. The van der Waals surface area contributed by atoms with Crippen molar-refractivity contribution in [3.63, 3.8) is 0 Å². The Morgan fingerprint density at radius 3 is 2.10 bits per heavy atom. The predicted octanol–water partition coefficient (Wildman–Crippen LogP) is 3.67. The fraction of sp³-hybridized carbons (Fsp3) is 0.562. The van der Waals surface area contributed by atoms with Crippen molar-refractivity contribution in [2.75, 3.05) is 31.1 Å². The van der Waals surface area contributed by atoms with E-state index >= 15 is 0 Å². The van der Waals surface area contributed by atoms with Crippen LogP contribution in [0.15, 0.2) is 24.3 Å². The van der Waals surface area contributed by atoms with Crippen LogP contribution in [-0.2, 0) is 4.79 Å². The van der Waals surface area contributed by atoms with E-state index in [4.69, 9.17) is 11.6 Å². The molecule has 3 nitrogen and oxygen atoms in total. The quantitative estimate of drug-likeness (QED) is 0.766. The Hall–Kier alpha value is -1.06. The molecule has 0 aliphatic rings. The number of carbonyl (C=O) groups is 1. The van der Waals surface area contributed by atoms with Crippen LogP contribution in [0.25, 0.3) is 0 Å². The van der Waals surface area contributed by atoms with E-state index in [-0.39, 0.29) is 11.8 Å². The van der Waals surface area contributed by atoms with Crippen LogP contribution in [0.2, 0.25) is 5.02 Å². The Kier molecular flexibility index (Phi) is 7.03. The van der Waals surface area contributed by atoms with Crippen molar-refractivity contribution < 1.29 is 4.79 Å². The number of halogens is 1. The molecule has 20 heavy (non-hydrogen) atoms. The minimum atomic E-state index is -0.0117. The van der Waals surface area contributed by atoms with Gasteiger partial charge < -0.3 is 9.80 Å². The Bertz CT molecular complexity index is 413. The highest BCUT2D eigenvalue weighted by atomic mass is 35.5. The second kappa shape index (κ2) is 8.28. The topological polar surface area (TPSA) is 23.6 Å². The first-order valence-electron chi connectivity index (χ1n) is 7.28. The number of hydrogen-bond donors (Lipinski definition) is 0. The number of hydrogen-bond acceptors (Lipinski definition) is 2. The third-order valence-electron chi connectivity index (χ3n) is 3.43. The molecule has 0 bridgehead atoms. The van der Waals surface area contributed by atoms with E-state index in [1.807, 2.05) is 43.0 Å². The standard InChI is InChI=1S/C16H25ClN2O/c1-5-18(6-2)11-12-19(16(20)13(3)4)15-9-7-14(17)8-10-15/h7-10,13H,5-6,11-12H2,1-4H3. The summed E-state index contributed by atoms with van der Waals surface area (Å²) in [7, 11) is 0. The summed E-state index contributed by atoms with van der Waals surface area (Å²) >= 11 is 5.92. The lowest BCUT2D eigenvalue weighted by molar-refractivity contribution is -0.121. The summed E-state index contributed by atoms with van der Waals surface area (Å²) in [6, 6.07) is 7.47. The number of benzene rings is 1. The minimum absolute atomic E-state index is 0.0117. The van der Waals surface area contributed by atoms with Crippen molar-refractivity contribution >= 4 is 23.2 Å². The van der Waals surface area contributed by atoms with Gasteiger partial charge in [-0.2, -0.15) is 0 Å². The zero-order chi connectivity index (χ0) is 15.1. The molecule has 1 amide bonds. The largest absolute Gasteiger partial charge is 0.311 e. The molecule has 0 heterocycles. The van der Waals surface area contributed by atoms with Crippen molar-refractivity contribution in [2.45, 2.75) is 27.7 Å². The van der Waals surface area contributed by atoms with Gasteiger partial charge in [0.05, 0.1) is 0 Å². The maximum Gasteiger partial charge on any atom is 0.229 e. The van der Waals surface area contributed by atoms with Gasteiger partial charge in [0.1, 0.15) is 0 Å². The highest BCUT2D eigenvalue weighted by Gasteiger charge is 2.19. The molecule has 0 N–H and O–H groups in total. The maximum atomic E-state index is 12.4. The summed E-state index contributed by atoms with van der Waals surface area (Å²) in [5.74, 6) is 0.141. The summed E-state index contributed by atoms with van der Waals surface area (Å²) < 4.78 is 0. The molecule has 0 aromatic heterocycles. The Morgan fingerprint density at radius 1 is 1.10 bits per heavy atom. The van der Waals surface area contributed by atoms with Crippen LogP contribution < -0.4 is 4.90 Å². The molecule has 0 aliphatic heterocycles. The first-order chi connectivity index (χ1) is 9.49. The van der Waals surface area contributed by atoms with Crippen LogP contribution in [-0.4, -0.2) is 37.0 Å². The molecule has 0 atom stereocenters. The van der Waals surface area contributed by atoms with E-state index in [1.165, 1.54) is 0 Å². The Morgan fingerprint density at radius 2 is 1.65 bits per heavy atom. The maximum absolute atomic E-state index is 12.4. The molecule has 0 fully saturated rings. The molecular formula is C16H25ClN2O. The SMILES string of the molecule is CCN(CC)CCN(C(=O)C(C)C)c1ccc(Cl)cc1. The summed E-state index contributed by atoms with van der Waals surface area (Å²) in [6.45, 7) is 11.7. The molecule has 112 valence electrons. The first-order valence-corrected chi connectivity index (χ1v) is 7.66. The lowest BCUT2D eigenvalue weighted by Gasteiger charge is -2.28. The van der Waals surface area contributed by atoms with Gasteiger partial charge in [-0.3, -0.25) is 4.79 Å². The van der Waals surface area contributed by atoms with Crippen LogP contribution >= 0.6 is 11.6 Å². The molecule has 0 saturated heterocycles. The number of anilines is 1. The van der Waals surface area contributed by atoms with Gasteiger partial charge in [-0.05, 0) is 37.4 Å². The Labute approximate surface area is 127 Å².